The van der Waals surface area contributed by atoms with Gasteiger partial charge in [0.1, 0.15) is 17.3 Å². The highest BCUT2D eigenvalue weighted by Crippen LogP contribution is 2.41. The lowest BCUT2D eigenvalue weighted by molar-refractivity contribution is -0.274. The van der Waals surface area contributed by atoms with Crippen molar-refractivity contribution in [2.75, 3.05) is 9.62 Å². The maximum absolute atomic E-state index is 13.6. The molecule has 0 bridgehead atoms. The summed E-state index contributed by atoms with van der Waals surface area (Å²) in [5, 5.41) is 21.7. The molecule has 1 aromatic heterocycles. The van der Waals surface area contributed by atoms with E-state index < -0.39 is 57.5 Å². The van der Waals surface area contributed by atoms with Crippen LogP contribution in [0.1, 0.15) is 22.9 Å². The van der Waals surface area contributed by atoms with Gasteiger partial charge in [0, 0.05) is 5.56 Å². The summed E-state index contributed by atoms with van der Waals surface area (Å²) in [5.74, 6) is -2.68. The Balaban J connectivity index is 1.85. The zero-order valence-electron chi connectivity index (χ0n) is 18.6. The van der Waals surface area contributed by atoms with Gasteiger partial charge >= 0.3 is 18.5 Å². The number of alkyl halides is 6. The number of sulfonamides is 1. The van der Waals surface area contributed by atoms with Crippen molar-refractivity contribution in [3.63, 3.8) is 0 Å². The number of carboxylic acids is 1. The fraction of sp³-hybridized carbons (Fsp3) is 0.182. The molecule has 202 valence electrons. The highest BCUT2D eigenvalue weighted by molar-refractivity contribution is 7.92. The summed E-state index contributed by atoms with van der Waals surface area (Å²) >= 11 is 0. The van der Waals surface area contributed by atoms with Crippen LogP contribution >= 0.6 is 0 Å². The van der Waals surface area contributed by atoms with Crippen LogP contribution in [0, 0.1) is 0 Å². The fourth-order valence-corrected chi connectivity index (χ4v) is 5.03. The van der Waals surface area contributed by atoms with E-state index in [0.29, 0.717) is 10.4 Å². The second-order valence-corrected chi connectivity index (χ2v) is 9.74. The van der Waals surface area contributed by atoms with Crippen LogP contribution in [-0.4, -0.2) is 35.9 Å². The van der Waals surface area contributed by atoms with E-state index in [9.17, 15) is 44.7 Å². The number of rotatable bonds is 5. The Hall–Kier alpha value is -4.05. The number of aliphatic hydroxyl groups is 1. The first-order valence-corrected chi connectivity index (χ1v) is 11.8. The van der Waals surface area contributed by atoms with Crippen molar-refractivity contribution < 1.29 is 54.5 Å². The van der Waals surface area contributed by atoms with Crippen molar-refractivity contribution >= 4 is 33.2 Å². The number of hydrogen-bond acceptors (Lipinski definition) is 7. The van der Waals surface area contributed by atoms with Gasteiger partial charge in [-0.15, -0.1) is 13.2 Å². The molecule has 38 heavy (non-hydrogen) atoms. The second-order valence-electron chi connectivity index (χ2n) is 7.88. The number of anilines is 3. The minimum Gasteiger partial charge on any atom is -0.479 e. The molecule has 0 saturated heterocycles. The van der Waals surface area contributed by atoms with Gasteiger partial charge in [-0.05, 0) is 48.0 Å². The SMILES string of the molecule is O=C(O)C(O)c1ccc2c(c1)N(S(=O)(=O)c1ccc(OC(F)(F)F)cc1)Cc1ccc(C(F)(F)F)nc1N2. The molecule has 0 radical (unpaired) electrons. The molecule has 9 nitrogen and oxygen atoms in total. The van der Waals surface area contributed by atoms with Gasteiger partial charge in [-0.1, -0.05) is 12.1 Å². The monoisotopic (exact) mass is 563 g/mol. The predicted octanol–water partition coefficient (Wildman–Crippen LogP) is 4.57. The minimum atomic E-state index is -5.02. The van der Waals surface area contributed by atoms with Gasteiger partial charge in [-0.25, -0.2) is 18.2 Å². The molecular formula is C22H15F6N3O6S. The molecule has 2 aromatic carbocycles. The van der Waals surface area contributed by atoms with E-state index in [1.165, 1.54) is 0 Å². The van der Waals surface area contributed by atoms with Gasteiger partial charge in [0.15, 0.2) is 6.10 Å². The zero-order chi connectivity index (χ0) is 28.0. The second kappa shape index (κ2) is 9.36. The van der Waals surface area contributed by atoms with Crippen LogP contribution in [0.25, 0.3) is 0 Å². The van der Waals surface area contributed by atoms with E-state index in [2.05, 4.69) is 15.0 Å². The largest absolute Gasteiger partial charge is 0.573 e. The molecule has 0 spiro atoms. The molecule has 2 heterocycles. The summed E-state index contributed by atoms with van der Waals surface area (Å²) in [6.07, 6.45) is -11.9. The van der Waals surface area contributed by atoms with Gasteiger partial charge in [0.2, 0.25) is 0 Å². The van der Waals surface area contributed by atoms with E-state index in [1.54, 1.807) is 0 Å². The Morgan fingerprint density at radius 2 is 1.68 bits per heavy atom. The number of fused-ring (bicyclic) bond motifs is 2. The van der Waals surface area contributed by atoms with Crippen LogP contribution < -0.4 is 14.4 Å². The first kappa shape index (κ1) is 27.0. The Kier molecular flexibility index (Phi) is 6.65. The maximum atomic E-state index is 13.6. The summed E-state index contributed by atoms with van der Waals surface area (Å²) in [4.78, 5) is 14.3. The molecule has 1 atom stereocenters. The smallest absolute Gasteiger partial charge is 0.479 e. The third kappa shape index (κ3) is 5.45. The Bertz CT molecular complexity index is 1490. The Labute approximate surface area is 210 Å². The number of carbonyl (C=O) groups is 1. The number of aromatic nitrogens is 1. The minimum absolute atomic E-state index is 0.00451. The number of ether oxygens (including phenoxy) is 1. The summed E-state index contributed by atoms with van der Waals surface area (Å²) in [5.41, 5.74) is -1.88. The fourth-order valence-electron chi connectivity index (χ4n) is 3.58. The summed E-state index contributed by atoms with van der Waals surface area (Å²) in [6, 6.07) is 8.10. The number of halogens is 6. The highest BCUT2D eigenvalue weighted by Gasteiger charge is 2.36. The molecule has 0 fully saturated rings. The first-order valence-electron chi connectivity index (χ1n) is 10.3. The number of carboxylic acid groups (broad SMARTS) is 1. The standard InChI is InChI=1S/C22H15F6N3O6S/c23-21(24,25)17-8-2-12-10-31(38(35,36)14-5-3-13(4-6-14)37-22(26,27)28)16-9-11(18(32)20(33)34)1-7-15(16)29-19(12)30-17/h1-9,18,32H,10H2,(H,29,30)(H,33,34). The molecule has 4 rings (SSSR count). The summed E-state index contributed by atoms with van der Waals surface area (Å²) in [7, 11) is -4.63. The van der Waals surface area contributed by atoms with E-state index in [1.807, 2.05) is 0 Å². The van der Waals surface area contributed by atoms with Gasteiger partial charge in [0.25, 0.3) is 10.0 Å². The Morgan fingerprint density at radius 1 is 1.03 bits per heavy atom. The third-order valence-electron chi connectivity index (χ3n) is 5.32. The van der Waals surface area contributed by atoms with Crippen molar-refractivity contribution in [1.82, 2.24) is 4.98 Å². The van der Waals surface area contributed by atoms with Crippen molar-refractivity contribution in [2.45, 2.75) is 30.1 Å². The summed E-state index contributed by atoms with van der Waals surface area (Å²) < 4.78 is 109. The van der Waals surface area contributed by atoms with E-state index in [-0.39, 0.29) is 28.3 Å². The molecule has 1 aliphatic rings. The van der Waals surface area contributed by atoms with E-state index in [4.69, 9.17) is 5.11 Å². The quantitative estimate of drug-likeness (QED) is 0.385. The van der Waals surface area contributed by atoms with Crippen molar-refractivity contribution in [2.24, 2.45) is 0 Å². The van der Waals surface area contributed by atoms with Crippen LogP contribution in [0.5, 0.6) is 5.75 Å². The molecule has 0 aliphatic carbocycles. The van der Waals surface area contributed by atoms with Gasteiger partial charge < -0.3 is 20.3 Å². The number of hydrogen-bond donors (Lipinski definition) is 3. The van der Waals surface area contributed by atoms with Crippen LogP contribution in [0.4, 0.5) is 43.5 Å². The molecule has 0 saturated carbocycles. The lowest BCUT2D eigenvalue weighted by Crippen LogP contribution is -2.30. The zero-order valence-corrected chi connectivity index (χ0v) is 19.4. The van der Waals surface area contributed by atoms with Crippen LogP contribution in [-0.2, 0) is 27.5 Å². The molecular weight excluding hydrogens is 548 g/mol. The number of pyridine rings is 1. The number of aliphatic carboxylic acids is 1. The third-order valence-corrected chi connectivity index (χ3v) is 7.10. The van der Waals surface area contributed by atoms with Crippen LogP contribution in [0.3, 0.4) is 0 Å². The number of nitrogens with one attached hydrogen (secondary N) is 1. The van der Waals surface area contributed by atoms with Crippen LogP contribution in [0.2, 0.25) is 0 Å². The number of aliphatic hydroxyl groups excluding tert-OH is 1. The molecule has 3 N–H and O–H groups in total. The topological polar surface area (TPSA) is 129 Å². The van der Waals surface area contributed by atoms with Gasteiger partial charge in [-0.3, -0.25) is 4.31 Å². The van der Waals surface area contributed by atoms with Gasteiger partial charge in [0.05, 0.1) is 22.8 Å². The van der Waals surface area contributed by atoms with E-state index in [0.717, 1.165) is 48.5 Å². The molecule has 3 aromatic rings. The lowest BCUT2D eigenvalue weighted by atomic mass is 10.1. The molecule has 1 unspecified atom stereocenters. The molecule has 1 aliphatic heterocycles. The van der Waals surface area contributed by atoms with Gasteiger partial charge in [-0.2, -0.15) is 13.2 Å². The lowest BCUT2D eigenvalue weighted by Gasteiger charge is -2.25. The highest BCUT2D eigenvalue weighted by atomic mass is 32.2. The number of nitrogens with zero attached hydrogens (tertiary/aromatic N) is 2. The normalized spacial score (nSPS) is 14.6. The maximum Gasteiger partial charge on any atom is 0.573 e. The van der Waals surface area contributed by atoms with Crippen molar-refractivity contribution in [3.05, 3.63) is 71.4 Å². The summed E-state index contributed by atoms with van der Waals surface area (Å²) in [6.45, 7) is -0.601. The van der Waals surface area contributed by atoms with E-state index >= 15 is 0 Å². The van der Waals surface area contributed by atoms with Crippen molar-refractivity contribution in [3.8, 4) is 5.75 Å². The predicted molar refractivity (Wildman–Crippen MR) is 118 cm³/mol. The average molecular weight is 563 g/mol. The average Bonchev–Trinajstić information content (AvgIpc) is 2.98. The van der Waals surface area contributed by atoms with Crippen molar-refractivity contribution in [1.29, 1.82) is 0 Å². The number of benzene rings is 2. The molecule has 16 heteroatoms. The molecule has 0 amide bonds. The first-order chi connectivity index (χ1) is 17.6. The Morgan fingerprint density at radius 3 is 2.26 bits per heavy atom. The van der Waals surface area contributed by atoms with Crippen LogP contribution in [0.15, 0.2) is 59.5 Å².